The van der Waals surface area contributed by atoms with Gasteiger partial charge in [-0.05, 0) is 137 Å². The molecule has 0 atom stereocenters. The van der Waals surface area contributed by atoms with Crippen LogP contribution in [0.3, 0.4) is 0 Å². The molecule has 4 aromatic heterocycles. The Morgan fingerprint density at radius 1 is 0.305 bits per heavy atom. The maximum absolute atomic E-state index is 6.68. The average Bonchev–Trinajstić information content (AvgIpc) is 4.07. The standard InChI is InChI=1S/C52H29N3O4/c1-2-8-32-24-35-25-37(19-15-33(35)23-31(32)7-1)55(36-17-13-30(14-18-36)51-53-43-9-3-5-11-45(43)58-51)38-20-22-40-42-29-49-41(28-50(42)57-48(40)27-38)39-21-16-34(26-47(39)56-49)52-54-44-10-4-6-12-46(44)59-52/h1-29H. The summed E-state index contributed by atoms with van der Waals surface area (Å²) in [6.07, 6.45) is 0. The number of anilines is 3. The van der Waals surface area contributed by atoms with E-state index in [4.69, 9.17) is 22.7 Å². The minimum absolute atomic E-state index is 0.564. The van der Waals surface area contributed by atoms with Gasteiger partial charge in [-0.1, -0.05) is 54.6 Å². The molecule has 276 valence electrons. The molecule has 0 N–H and O–H groups in total. The van der Waals surface area contributed by atoms with Crippen LogP contribution in [0.25, 0.3) is 111 Å². The Labute approximate surface area is 334 Å². The van der Waals surface area contributed by atoms with Gasteiger partial charge < -0.3 is 22.6 Å². The van der Waals surface area contributed by atoms with Crippen LogP contribution < -0.4 is 4.90 Å². The first-order chi connectivity index (χ1) is 29.1. The molecule has 0 aliphatic rings. The third-order valence-electron chi connectivity index (χ3n) is 11.5. The Morgan fingerprint density at radius 3 is 1.47 bits per heavy atom. The van der Waals surface area contributed by atoms with Crippen molar-refractivity contribution < 1.29 is 17.7 Å². The van der Waals surface area contributed by atoms with E-state index in [1.54, 1.807) is 0 Å². The smallest absolute Gasteiger partial charge is 0.227 e. The Kier molecular flexibility index (Phi) is 6.60. The van der Waals surface area contributed by atoms with Crippen LogP contribution in [0.1, 0.15) is 0 Å². The molecule has 0 aliphatic heterocycles. The Bertz CT molecular complexity index is 3750. The third-order valence-corrected chi connectivity index (χ3v) is 11.5. The highest BCUT2D eigenvalue weighted by Crippen LogP contribution is 2.43. The van der Waals surface area contributed by atoms with Gasteiger partial charge in [0.25, 0.3) is 0 Å². The van der Waals surface area contributed by atoms with Gasteiger partial charge in [0.05, 0.1) is 0 Å². The fraction of sp³-hybridized carbons (Fsp3) is 0. The Morgan fingerprint density at radius 2 is 0.797 bits per heavy atom. The first-order valence-electron chi connectivity index (χ1n) is 19.5. The number of fused-ring (bicyclic) bond motifs is 10. The first-order valence-corrected chi connectivity index (χ1v) is 19.5. The highest BCUT2D eigenvalue weighted by atomic mass is 16.4. The molecule has 0 amide bonds. The topological polar surface area (TPSA) is 81.6 Å². The number of benzene rings is 9. The zero-order valence-electron chi connectivity index (χ0n) is 31.2. The van der Waals surface area contributed by atoms with Crippen molar-refractivity contribution in [3.8, 4) is 22.9 Å². The molecule has 0 radical (unpaired) electrons. The van der Waals surface area contributed by atoms with E-state index in [1.807, 2.05) is 60.7 Å². The number of furan rings is 2. The summed E-state index contributed by atoms with van der Waals surface area (Å²) in [6.45, 7) is 0. The summed E-state index contributed by atoms with van der Waals surface area (Å²) >= 11 is 0. The van der Waals surface area contributed by atoms with Gasteiger partial charge in [-0.25, -0.2) is 9.97 Å². The number of hydrogen-bond acceptors (Lipinski definition) is 7. The molecule has 7 heteroatoms. The quantitative estimate of drug-likeness (QED) is 0.162. The van der Waals surface area contributed by atoms with Crippen molar-refractivity contribution in [1.29, 1.82) is 0 Å². The zero-order chi connectivity index (χ0) is 38.6. The van der Waals surface area contributed by atoms with Gasteiger partial charge in [0, 0.05) is 55.8 Å². The minimum atomic E-state index is 0.564. The number of rotatable bonds is 5. The largest absolute Gasteiger partial charge is 0.456 e. The van der Waals surface area contributed by atoms with Gasteiger partial charge in [0.1, 0.15) is 33.4 Å². The summed E-state index contributed by atoms with van der Waals surface area (Å²) in [4.78, 5) is 11.7. The molecule has 0 unspecified atom stereocenters. The lowest BCUT2D eigenvalue weighted by Gasteiger charge is -2.26. The van der Waals surface area contributed by atoms with Crippen LogP contribution in [-0.2, 0) is 0 Å². The molecule has 0 fully saturated rings. The molecule has 0 saturated carbocycles. The second kappa shape index (κ2) is 12.2. The second-order valence-corrected chi connectivity index (χ2v) is 15.0. The lowest BCUT2D eigenvalue weighted by Crippen LogP contribution is -2.09. The SMILES string of the molecule is c1ccc2cc3cc(N(c4ccc(-c5nc6ccccc6o5)cc4)c4ccc5c(c4)oc4cc6c(cc45)oc4cc(-c5nc7ccccc7o5)ccc46)ccc3cc2c1. The highest BCUT2D eigenvalue weighted by Gasteiger charge is 2.20. The van der Waals surface area contributed by atoms with Gasteiger partial charge in [-0.15, -0.1) is 0 Å². The highest BCUT2D eigenvalue weighted by molar-refractivity contribution is 6.15. The molecule has 9 aromatic carbocycles. The van der Waals surface area contributed by atoms with E-state index in [-0.39, 0.29) is 0 Å². The van der Waals surface area contributed by atoms with Crippen LogP contribution in [-0.4, -0.2) is 9.97 Å². The molecule has 0 saturated heterocycles. The lowest BCUT2D eigenvalue weighted by atomic mass is 10.0. The van der Waals surface area contributed by atoms with Crippen LogP contribution >= 0.6 is 0 Å². The predicted octanol–water partition coefficient (Wildman–Crippen LogP) is 14.9. The normalized spacial score (nSPS) is 12.1. The predicted molar refractivity (Wildman–Crippen MR) is 237 cm³/mol. The van der Waals surface area contributed by atoms with E-state index in [1.165, 1.54) is 16.2 Å². The third kappa shape index (κ3) is 5.08. The van der Waals surface area contributed by atoms with Crippen LogP contribution in [0.2, 0.25) is 0 Å². The van der Waals surface area contributed by atoms with Crippen molar-refractivity contribution in [3.63, 3.8) is 0 Å². The van der Waals surface area contributed by atoms with E-state index >= 15 is 0 Å². The van der Waals surface area contributed by atoms with E-state index in [0.717, 1.165) is 99.7 Å². The van der Waals surface area contributed by atoms with Crippen molar-refractivity contribution >= 4 is 105 Å². The Hall–Kier alpha value is -8.16. The number of aromatic nitrogens is 2. The van der Waals surface area contributed by atoms with Crippen LogP contribution in [0.15, 0.2) is 194 Å². The minimum Gasteiger partial charge on any atom is -0.456 e. The van der Waals surface area contributed by atoms with E-state index in [0.29, 0.717) is 11.8 Å². The summed E-state index contributed by atoms with van der Waals surface area (Å²) in [5, 5.41) is 8.76. The van der Waals surface area contributed by atoms with Gasteiger partial charge >= 0.3 is 0 Å². The molecule has 13 aromatic rings. The van der Waals surface area contributed by atoms with E-state index in [9.17, 15) is 0 Å². The number of hydrogen-bond donors (Lipinski definition) is 0. The number of nitrogens with zero attached hydrogens (tertiary/aromatic N) is 3. The monoisotopic (exact) mass is 759 g/mol. The number of para-hydroxylation sites is 4. The van der Waals surface area contributed by atoms with Crippen molar-refractivity contribution in [1.82, 2.24) is 9.97 Å². The maximum Gasteiger partial charge on any atom is 0.227 e. The molecule has 59 heavy (non-hydrogen) atoms. The summed E-state index contributed by atoms with van der Waals surface area (Å²) in [7, 11) is 0. The van der Waals surface area contributed by atoms with Crippen molar-refractivity contribution in [2.75, 3.05) is 4.90 Å². The molecule has 7 nitrogen and oxygen atoms in total. The van der Waals surface area contributed by atoms with Gasteiger partial charge in [-0.2, -0.15) is 0 Å². The molecule has 0 aliphatic carbocycles. The molecule has 0 spiro atoms. The molecule has 4 heterocycles. The summed E-state index contributed by atoms with van der Waals surface area (Å²) < 4.78 is 25.3. The summed E-state index contributed by atoms with van der Waals surface area (Å²) in [5.74, 6) is 1.15. The fourth-order valence-corrected chi connectivity index (χ4v) is 8.56. The molecular weight excluding hydrogens is 731 g/mol. The molecule has 0 bridgehead atoms. The van der Waals surface area contributed by atoms with Crippen molar-refractivity contribution in [2.24, 2.45) is 0 Å². The van der Waals surface area contributed by atoms with Crippen LogP contribution in [0.5, 0.6) is 0 Å². The second-order valence-electron chi connectivity index (χ2n) is 15.0. The lowest BCUT2D eigenvalue weighted by molar-refractivity contribution is 0.619. The average molecular weight is 760 g/mol. The van der Waals surface area contributed by atoms with E-state index < -0.39 is 0 Å². The molecule has 13 rings (SSSR count). The van der Waals surface area contributed by atoms with Crippen molar-refractivity contribution in [2.45, 2.75) is 0 Å². The molecular formula is C52H29N3O4. The van der Waals surface area contributed by atoms with Gasteiger partial charge in [0.15, 0.2) is 11.2 Å². The first kappa shape index (κ1) is 32.0. The zero-order valence-corrected chi connectivity index (χ0v) is 31.2. The summed E-state index contributed by atoms with van der Waals surface area (Å²) in [5.41, 5.74) is 11.1. The number of oxazole rings is 2. The maximum atomic E-state index is 6.68. The fourth-order valence-electron chi connectivity index (χ4n) is 8.56. The van der Waals surface area contributed by atoms with Gasteiger partial charge in [0.2, 0.25) is 11.8 Å². The van der Waals surface area contributed by atoms with E-state index in [2.05, 4.69) is 125 Å². The van der Waals surface area contributed by atoms with Crippen LogP contribution in [0, 0.1) is 0 Å². The summed E-state index contributed by atoms with van der Waals surface area (Å²) in [6, 6.07) is 60.3. The van der Waals surface area contributed by atoms with Crippen LogP contribution in [0.4, 0.5) is 17.1 Å². The Balaban J connectivity index is 0.923. The van der Waals surface area contributed by atoms with Gasteiger partial charge in [-0.3, -0.25) is 0 Å². The van der Waals surface area contributed by atoms with Crippen molar-refractivity contribution in [3.05, 3.63) is 176 Å².